The number of aliphatic imine (C=N–C) groups is 1. The highest BCUT2D eigenvalue weighted by atomic mass is 32.2. The van der Waals surface area contributed by atoms with E-state index < -0.39 is 24.6 Å². The molecule has 1 aliphatic heterocycles. The summed E-state index contributed by atoms with van der Waals surface area (Å²) in [6, 6.07) is 14.6. The third-order valence-electron chi connectivity index (χ3n) is 7.59. The molecule has 0 radical (unpaired) electrons. The maximum absolute atomic E-state index is 15.5. The molecule has 4 aromatic rings. The molecular formula is C33H33F5N6O2S. The summed E-state index contributed by atoms with van der Waals surface area (Å²) in [5.41, 5.74) is 2.98. The number of anilines is 1. The summed E-state index contributed by atoms with van der Waals surface area (Å²) in [7, 11) is 0. The van der Waals surface area contributed by atoms with E-state index in [1.807, 2.05) is 25.7 Å². The summed E-state index contributed by atoms with van der Waals surface area (Å²) in [5, 5.41) is 7.48. The van der Waals surface area contributed by atoms with Gasteiger partial charge in [-0.1, -0.05) is 49.9 Å². The number of benzene rings is 3. The zero-order chi connectivity index (χ0) is 33.9. The van der Waals surface area contributed by atoms with Gasteiger partial charge in [0.2, 0.25) is 0 Å². The highest BCUT2D eigenvalue weighted by Gasteiger charge is 2.31. The number of ether oxygens (including phenoxy) is 1. The molecule has 0 saturated carbocycles. The van der Waals surface area contributed by atoms with Crippen LogP contribution in [0, 0.1) is 5.82 Å². The van der Waals surface area contributed by atoms with Crippen molar-refractivity contribution in [3.8, 4) is 22.8 Å². The third-order valence-corrected chi connectivity index (χ3v) is 8.57. The molecule has 5 rings (SSSR count). The number of hydrogen-bond donors (Lipinski definition) is 1. The van der Waals surface area contributed by atoms with Crippen LogP contribution >= 0.6 is 11.8 Å². The number of carbonyl (C=O) groups excluding carboxylic acids is 1. The Morgan fingerprint density at radius 3 is 2.43 bits per heavy atom. The largest absolute Gasteiger partial charge is 0.573 e. The van der Waals surface area contributed by atoms with Gasteiger partial charge in [-0.15, -0.1) is 18.3 Å². The summed E-state index contributed by atoms with van der Waals surface area (Å²) in [4.78, 5) is 23.5. The van der Waals surface area contributed by atoms with E-state index in [4.69, 9.17) is 0 Å². The molecule has 0 aliphatic carbocycles. The fraction of sp³-hybridized carbons (Fsp3) is 0.333. The van der Waals surface area contributed by atoms with Crippen LogP contribution in [0.25, 0.3) is 17.1 Å². The second-order valence-corrected chi connectivity index (χ2v) is 12.5. The van der Waals surface area contributed by atoms with Crippen molar-refractivity contribution in [2.75, 3.05) is 10.7 Å². The van der Waals surface area contributed by atoms with Gasteiger partial charge in [0.05, 0.1) is 11.7 Å². The van der Waals surface area contributed by atoms with Crippen LogP contribution in [-0.4, -0.2) is 50.2 Å². The Bertz CT molecular complexity index is 1730. The summed E-state index contributed by atoms with van der Waals surface area (Å²) in [6.45, 7) is 7.53. The van der Waals surface area contributed by atoms with Gasteiger partial charge < -0.3 is 15.0 Å². The van der Waals surface area contributed by atoms with Gasteiger partial charge >= 0.3 is 12.4 Å². The molecule has 14 heteroatoms. The number of carbonyl (C=O) groups is 1. The predicted octanol–water partition coefficient (Wildman–Crippen LogP) is 8.59. The first-order valence-corrected chi connectivity index (χ1v) is 15.9. The second-order valence-electron chi connectivity index (χ2n) is 11.4. The van der Waals surface area contributed by atoms with Crippen LogP contribution in [0.4, 0.5) is 32.4 Å². The number of rotatable bonds is 8. The van der Waals surface area contributed by atoms with E-state index in [2.05, 4.69) is 25.1 Å². The van der Waals surface area contributed by atoms with Crippen LogP contribution in [0.1, 0.15) is 57.3 Å². The van der Waals surface area contributed by atoms with Gasteiger partial charge in [-0.2, -0.15) is 4.99 Å². The van der Waals surface area contributed by atoms with Crippen LogP contribution in [-0.2, 0) is 0 Å². The lowest BCUT2D eigenvalue weighted by Gasteiger charge is -2.37. The summed E-state index contributed by atoms with van der Waals surface area (Å²) in [5.74, 6) is 0.435. The van der Waals surface area contributed by atoms with E-state index in [0.29, 0.717) is 27.8 Å². The first-order chi connectivity index (χ1) is 22.3. The molecule has 0 spiro atoms. The second kappa shape index (κ2) is 14.1. The number of amidine groups is 1. The van der Waals surface area contributed by atoms with E-state index >= 15 is 4.39 Å². The highest BCUT2D eigenvalue weighted by molar-refractivity contribution is 8.14. The number of nitrogens with one attached hydrogen (secondary N) is 1. The van der Waals surface area contributed by atoms with E-state index in [-0.39, 0.29) is 23.5 Å². The van der Waals surface area contributed by atoms with E-state index in [9.17, 15) is 22.4 Å². The number of alkyl halides is 4. The molecule has 1 aromatic heterocycles. The monoisotopic (exact) mass is 672 g/mol. The number of hydrogen-bond acceptors (Lipinski definition) is 5. The molecule has 1 fully saturated rings. The molecule has 3 aromatic carbocycles. The van der Waals surface area contributed by atoms with Gasteiger partial charge in [0.1, 0.15) is 24.1 Å². The summed E-state index contributed by atoms with van der Waals surface area (Å²) < 4.78 is 72.2. The lowest BCUT2D eigenvalue weighted by molar-refractivity contribution is -0.274. The lowest BCUT2D eigenvalue weighted by Crippen LogP contribution is -2.43. The summed E-state index contributed by atoms with van der Waals surface area (Å²) in [6.07, 6.45) is -4.08. The number of thioether (sulfide) groups is 1. The maximum atomic E-state index is 15.5. The Kier molecular flexibility index (Phi) is 10.2. The van der Waals surface area contributed by atoms with Crippen LogP contribution in [0.2, 0.25) is 0 Å². The van der Waals surface area contributed by atoms with Crippen molar-refractivity contribution in [1.29, 1.82) is 0 Å². The van der Waals surface area contributed by atoms with Crippen molar-refractivity contribution in [1.82, 2.24) is 20.1 Å². The zero-order valence-electron chi connectivity index (χ0n) is 26.0. The molecule has 1 saturated heterocycles. The smallest absolute Gasteiger partial charge is 0.406 e. The predicted molar refractivity (Wildman–Crippen MR) is 172 cm³/mol. The molecule has 0 bridgehead atoms. The van der Waals surface area contributed by atoms with Crippen molar-refractivity contribution in [3.63, 3.8) is 0 Å². The molecule has 8 nitrogen and oxygen atoms in total. The highest BCUT2D eigenvalue weighted by Crippen LogP contribution is 2.35. The molecule has 3 atom stereocenters. The molecule has 2 heterocycles. The topological polar surface area (TPSA) is 84.6 Å². The van der Waals surface area contributed by atoms with Crippen molar-refractivity contribution in [2.24, 2.45) is 4.99 Å². The maximum Gasteiger partial charge on any atom is 0.573 e. The van der Waals surface area contributed by atoms with Gasteiger partial charge in [0.25, 0.3) is 0 Å². The van der Waals surface area contributed by atoms with Gasteiger partial charge in [-0.05, 0) is 79.8 Å². The number of nitrogens with zero attached hydrogens (tertiary/aromatic N) is 5. The minimum absolute atomic E-state index is 0.0231. The number of urea groups is 1. The molecule has 248 valence electrons. The molecular weight excluding hydrogens is 639 g/mol. The minimum Gasteiger partial charge on any atom is -0.406 e. The number of amides is 2. The normalized spacial score (nSPS) is 17.5. The van der Waals surface area contributed by atoms with Gasteiger partial charge in [0.15, 0.2) is 11.0 Å². The molecule has 47 heavy (non-hydrogen) atoms. The Balaban J connectivity index is 1.24. The average molecular weight is 673 g/mol. The van der Waals surface area contributed by atoms with Crippen molar-refractivity contribution < 1.29 is 31.5 Å². The Morgan fingerprint density at radius 2 is 1.77 bits per heavy atom. The zero-order valence-corrected chi connectivity index (χ0v) is 26.8. The van der Waals surface area contributed by atoms with Gasteiger partial charge in [-0.3, -0.25) is 0 Å². The van der Waals surface area contributed by atoms with Gasteiger partial charge in [0, 0.05) is 23.0 Å². The average Bonchev–Trinajstić information content (AvgIpc) is 3.51. The third kappa shape index (κ3) is 8.28. The van der Waals surface area contributed by atoms with E-state index in [0.717, 1.165) is 23.4 Å². The van der Waals surface area contributed by atoms with E-state index in [1.165, 1.54) is 59.2 Å². The van der Waals surface area contributed by atoms with Crippen LogP contribution in [0.3, 0.4) is 0 Å². The minimum atomic E-state index is -4.79. The van der Waals surface area contributed by atoms with Crippen molar-refractivity contribution >= 4 is 28.6 Å². The van der Waals surface area contributed by atoms with Crippen LogP contribution in [0.15, 0.2) is 78.0 Å². The Labute approximate surface area is 273 Å². The molecule has 3 unspecified atom stereocenters. The first-order valence-electron chi connectivity index (χ1n) is 14.9. The van der Waals surface area contributed by atoms with Crippen molar-refractivity contribution in [3.05, 3.63) is 90.0 Å². The Morgan fingerprint density at radius 1 is 1.06 bits per heavy atom. The molecule has 1 N–H and O–H groups in total. The van der Waals surface area contributed by atoms with Gasteiger partial charge in [-0.25, -0.2) is 23.2 Å². The SMILES string of the molecule is CC(C)c1cc(F)ccc1N1/C(=N/C(=O)NC(C)C(F)c2ccc(-c3ncn(-c4ccc(OC(F)(F)F)cc4)n3)cc2)SCCC1C. The molecule has 2 amide bonds. The fourth-order valence-corrected chi connectivity index (χ4v) is 6.36. The first kappa shape index (κ1) is 33.9. The Hall–Kier alpha value is -4.46. The number of halogens is 5. The summed E-state index contributed by atoms with van der Waals surface area (Å²) >= 11 is 1.42. The van der Waals surface area contributed by atoms with Crippen LogP contribution < -0.4 is 15.0 Å². The fourth-order valence-electron chi connectivity index (χ4n) is 5.15. The van der Waals surface area contributed by atoms with E-state index in [1.54, 1.807) is 37.3 Å². The number of aromatic nitrogens is 3. The van der Waals surface area contributed by atoms with Crippen LogP contribution in [0.5, 0.6) is 5.75 Å². The standard InChI is InChI=1S/C33H33F5N6O2S/c1-19(2)27-17-24(34)9-14-28(27)44-20(3)15-16-47-32(44)41-31(45)40-21(4)29(35)22-5-7-23(8-6-22)30-39-18-43(42-30)25-10-12-26(13-11-25)46-33(36,37)38/h5-14,17-21,29H,15-16H2,1-4H3,(H,40,45)/b41-32-. The lowest BCUT2D eigenvalue weighted by atomic mass is 9.99. The molecule has 1 aliphatic rings. The van der Waals surface area contributed by atoms with Crippen molar-refractivity contribution in [2.45, 2.75) is 64.7 Å². The quantitative estimate of drug-likeness (QED) is 0.189.